The minimum atomic E-state index is 0.0659. The number of nitrogens with one attached hydrogen (secondary N) is 1. The van der Waals surface area contributed by atoms with Crippen LogP contribution in [-0.2, 0) is 6.54 Å². The lowest BCUT2D eigenvalue weighted by atomic mass is 10.1. The van der Waals surface area contributed by atoms with E-state index in [0.29, 0.717) is 0 Å². The lowest BCUT2D eigenvalue weighted by Gasteiger charge is -2.24. The first kappa shape index (κ1) is 9.47. The molecule has 5 nitrogen and oxygen atoms in total. The van der Waals surface area contributed by atoms with E-state index in [1.165, 1.54) is 0 Å². The van der Waals surface area contributed by atoms with Gasteiger partial charge in [-0.1, -0.05) is 6.07 Å². The number of aromatic nitrogens is 4. The monoisotopic (exact) mass is 215 g/mol. The van der Waals surface area contributed by atoms with Gasteiger partial charge in [0.2, 0.25) is 0 Å². The number of fused-ring (bicyclic) bond motifs is 1. The maximum atomic E-state index is 4.37. The second kappa shape index (κ2) is 3.68. The SMILES string of the molecule is Cc1nnc2n1CCNC2c1ccccn1. The Balaban J connectivity index is 2.05. The molecular formula is C11H13N5. The molecule has 1 aliphatic rings. The zero-order chi connectivity index (χ0) is 11.0. The summed E-state index contributed by atoms with van der Waals surface area (Å²) in [6.07, 6.45) is 1.80. The molecule has 2 aromatic heterocycles. The van der Waals surface area contributed by atoms with E-state index < -0.39 is 0 Å². The molecule has 16 heavy (non-hydrogen) atoms. The van der Waals surface area contributed by atoms with Crippen LogP contribution in [0.25, 0.3) is 0 Å². The summed E-state index contributed by atoms with van der Waals surface area (Å²) in [6.45, 7) is 3.84. The Bertz CT molecular complexity index is 490. The predicted molar refractivity (Wildman–Crippen MR) is 58.8 cm³/mol. The molecule has 0 saturated carbocycles. The molecular weight excluding hydrogens is 202 g/mol. The maximum Gasteiger partial charge on any atom is 0.156 e. The Morgan fingerprint density at radius 3 is 3.12 bits per heavy atom. The largest absolute Gasteiger partial charge is 0.312 e. The Kier molecular flexibility index (Phi) is 2.18. The molecule has 0 amide bonds. The lowest BCUT2D eigenvalue weighted by molar-refractivity contribution is 0.445. The summed E-state index contributed by atoms with van der Waals surface area (Å²) in [5.74, 6) is 1.93. The van der Waals surface area contributed by atoms with Crippen LogP contribution in [0.4, 0.5) is 0 Å². The molecule has 0 saturated heterocycles. The highest BCUT2D eigenvalue weighted by Crippen LogP contribution is 2.21. The van der Waals surface area contributed by atoms with Gasteiger partial charge in [0.1, 0.15) is 11.9 Å². The minimum Gasteiger partial charge on any atom is -0.312 e. The van der Waals surface area contributed by atoms with E-state index in [1.54, 1.807) is 6.20 Å². The van der Waals surface area contributed by atoms with Crippen molar-refractivity contribution >= 4 is 0 Å². The standard InChI is InChI=1S/C11H13N5/c1-8-14-15-11-10(13-6-7-16(8)11)9-4-2-3-5-12-9/h2-5,10,13H,6-7H2,1H3. The van der Waals surface area contributed by atoms with Gasteiger partial charge in [-0.3, -0.25) is 4.98 Å². The summed E-state index contributed by atoms with van der Waals surface area (Å²) in [4.78, 5) is 4.37. The van der Waals surface area contributed by atoms with Crippen LogP contribution in [0.5, 0.6) is 0 Å². The van der Waals surface area contributed by atoms with E-state index in [-0.39, 0.29) is 6.04 Å². The molecule has 1 atom stereocenters. The average Bonchev–Trinajstić information content (AvgIpc) is 2.73. The van der Waals surface area contributed by atoms with Crippen LogP contribution >= 0.6 is 0 Å². The van der Waals surface area contributed by atoms with E-state index in [4.69, 9.17) is 0 Å². The number of hydrogen-bond acceptors (Lipinski definition) is 4. The van der Waals surface area contributed by atoms with Gasteiger partial charge in [-0.05, 0) is 19.1 Å². The van der Waals surface area contributed by atoms with Crippen molar-refractivity contribution in [2.24, 2.45) is 0 Å². The summed E-state index contributed by atoms with van der Waals surface area (Å²) in [7, 11) is 0. The van der Waals surface area contributed by atoms with Crippen LogP contribution in [0.1, 0.15) is 23.4 Å². The lowest BCUT2D eigenvalue weighted by Crippen LogP contribution is -2.35. The smallest absolute Gasteiger partial charge is 0.156 e. The fourth-order valence-corrected chi connectivity index (χ4v) is 2.08. The van der Waals surface area contributed by atoms with Crippen molar-refractivity contribution in [1.82, 2.24) is 25.1 Å². The second-order valence-electron chi connectivity index (χ2n) is 3.90. The van der Waals surface area contributed by atoms with Crippen LogP contribution in [0.2, 0.25) is 0 Å². The Hall–Kier alpha value is -1.75. The first-order valence-corrected chi connectivity index (χ1v) is 5.40. The number of nitrogens with zero attached hydrogens (tertiary/aromatic N) is 4. The first-order valence-electron chi connectivity index (χ1n) is 5.40. The van der Waals surface area contributed by atoms with Crippen molar-refractivity contribution < 1.29 is 0 Å². The maximum absolute atomic E-state index is 4.37. The summed E-state index contributed by atoms with van der Waals surface area (Å²) in [5, 5.41) is 11.8. The molecule has 5 heteroatoms. The number of aryl methyl sites for hydroxylation is 1. The van der Waals surface area contributed by atoms with Crippen LogP contribution in [0.15, 0.2) is 24.4 Å². The Morgan fingerprint density at radius 1 is 1.38 bits per heavy atom. The van der Waals surface area contributed by atoms with Crippen LogP contribution in [0, 0.1) is 6.92 Å². The molecule has 2 aromatic rings. The quantitative estimate of drug-likeness (QED) is 0.759. The molecule has 0 radical (unpaired) electrons. The van der Waals surface area contributed by atoms with Gasteiger partial charge < -0.3 is 9.88 Å². The molecule has 0 fully saturated rings. The number of pyridine rings is 1. The molecule has 0 aromatic carbocycles. The van der Waals surface area contributed by atoms with Crippen molar-refractivity contribution in [3.63, 3.8) is 0 Å². The summed E-state index contributed by atoms with van der Waals surface area (Å²) < 4.78 is 2.15. The van der Waals surface area contributed by atoms with Gasteiger partial charge in [-0.15, -0.1) is 10.2 Å². The summed E-state index contributed by atoms with van der Waals surface area (Å²) in [5.41, 5.74) is 0.996. The molecule has 0 bridgehead atoms. The predicted octanol–water partition coefficient (Wildman–Crippen LogP) is 0.674. The molecule has 3 rings (SSSR count). The van der Waals surface area contributed by atoms with E-state index in [2.05, 4.69) is 25.1 Å². The zero-order valence-electron chi connectivity index (χ0n) is 9.09. The van der Waals surface area contributed by atoms with Crippen LogP contribution < -0.4 is 5.32 Å². The number of hydrogen-bond donors (Lipinski definition) is 1. The normalized spacial score (nSPS) is 19.4. The highest BCUT2D eigenvalue weighted by molar-refractivity contribution is 5.19. The molecule has 1 aliphatic heterocycles. The fourth-order valence-electron chi connectivity index (χ4n) is 2.08. The molecule has 3 heterocycles. The fraction of sp³-hybridized carbons (Fsp3) is 0.364. The first-order chi connectivity index (χ1) is 7.86. The molecule has 82 valence electrons. The van der Waals surface area contributed by atoms with Crippen LogP contribution in [0.3, 0.4) is 0 Å². The van der Waals surface area contributed by atoms with Gasteiger partial charge in [0.15, 0.2) is 5.82 Å². The average molecular weight is 215 g/mol. The van der Waals surface area contributed by atoms with Crippen molar-refractivity contribution in [3.8, 4) is 0 Å². The molecule has 1 unspecified atom stereocenters. The second-order valence-corrected chi connectivity index (χ2v) is 3.90. The van der Waals surface area contributed by atoms with E-state index in [0.717, 1.165) is 30.4 Å². The zero-order valence-corrected chi connectivity index (χ0v) is 9.09. The minimum absolute atomic E-state index is 0.0659. The summed E-state index contributed by atoms with van der Waals surface area (Å²) in [6, 6.07) is 5.99. The highest BCUT2D eigenvalue weighted by atomic mass is 15.3. The van der Waals surface area contributed by atoms with E-state index in [9.17, 15) is 0 Å². The Morgan fingerprint density at radius 2 is 2.31 bits per heavy atom. The van der Waals surface area contributed by atoms with Gasteiger partial charge in [0.25, 0.3) is 0 Å². The molecule has 0 aliphatic carbocycles. The van der Waals surface area contributed by atoms with Crippen molar-refractivity contribution in [2.75, 3.05) is 6.54 Å². The van der Waals surface area contributed by atoms with Crippen molar-refractivity contribution in [3.05, 3.63) is 41.7 Å². The third kappa shape index (κ3) is 1.40. The van der Waals surface area contributed by atoms with Gasteiger partial charge in [0.05, 0.1) is 5.69 Å². The third-order valence-electron chi connectivity index (χ3n) is 2.89. The van der Waals surface area contributed by atoms with E-state index in [1.807, 2.05) is 25.1 Å². The van der Waals surface area contributed by atoms with Gasteiger partial charge in [-0.2, -0.15) is 0 Å². The molecule has 1 N–H and O–H groups in total. The third-order valence-corrected chi connectivity index (χ3v) is 2.89. The molecule has 0 spiro atoms. The summed E-state index contributed by atoms with van der Waals surface area (Å²) >= 11 is 0. The Labute approximate surface area is 93.5 Å². The highest BCUT2D eigenvalue weighted by Gasteiger charge is 2.25. The van der Waals surface area contributed by atoms with E-state index >= 15 is 0 Å². The van der Waals surface area contributed by atoms with Crippen molar-refractivity contribution in [2.45, 2.75) is 19.5 Å². The van der Waals surface area contributed by atoms with Crippen molar-refractivity contribution in [1.29, 1.82) is 0 Å². The number of rotatable bonds is 1. The van der Waals surface area contributed by atoms with Gasteiger partial charge in [0, 0.05) is 19.3 Å². The topological polar surface area (TPSA) is 55.6 Å². The van der Waals surface area contributed by atoms with Gasteiger partial charge >= 0.3 is 0 Å². The van der Waals surface area contributed by atoms with Crippen LogP contribution in [-0.4, -0.2) is 26.3 Å². The van der Waals surface area contributed by atoms with Gasteiger partial charge in [-0.25, -0.2) is 0 Å².